The van der Waals surface area contributed by atoms with E-state index < -0.39 is 10.0 Å². The minimum Gasteiger partial charge on any atom is -0.497 e. The molecule has 0 bridgehead atoms. The zero-order chi connectivity index (χ0) is 27.2. The summed E-state index contributed by atoms with van der Waals surface area (Å²) >= 11 is 0. The summed E-state index contributed by atoms with van der Waals surface area (Å²) in [6.07, 6.45) is 4.76. The molecule has 2 aliphatic rings. The van der Waals surface area contributed by atoms with Crippen molar-refractivity contribution in [3.63, 3.8) is 0 Å². The van der Waals surface area contributed by atoms with Gasteiger partial charge in [0, 0.05) is 33.2 Å². The number of hydrogen-bond donors (Lipinski definition) is 0. The predicted octanol–water partition coefficient (Wildman–Crippen LogP) is 2.21. The van der Waals surface area contributed by atoms with Gasteiger partial charge in [-0.25, -0.2) is 8.42 Å². The van der Waals surface area contributed by atoms with Crippen LogP contribution in [0.2, 0.25) is 0 Å². The highest BCUT2D eigenvalue weighted by molar-refractivity contribution is 7.89. The maximum atomic E-state index is 13.1. The number of amides is 1. The van der Waals surface area contributed by atoms with Crippen LogP contribution in [-0.4, -0.2) is 120 Å². The second kappa shape index (κ2) is 13.4. The fraction of sp³-hybridized carbons (Fsp3) is 0.741. The molecule has 0 atom stereocenters. The van der Waals surface area contributed by atoms with Gasteiger partial charge >= 0.3 is 0 Å². The molecule has 2 heterocycles. The van der Waals surface area contributed by atoms with E-state index in [1.165, 1.54) is 37.3 Å². The van der Waals surface area contributed by atoms with Crippen molar-refractivity contribution in [2.45, 2.75) is 50.5 Å². The summed E-state index contributed by atoms with van der Waals surface area (Å²) in [7, 11) is 3.45. The summed E-state index contributed by atoms with van der Waals surface area (Å²) in [5, 5.41) is 0. The average Bonchev–Trinajstić information content (AvgIpc) is 2.86. The van der Waals surface area contributed by atoms with Crippen LogP contribution in [0.3, 0.4) is 0 Å². The molecule has 2 saturated heterocycles. The van der Waals surface area contributed by atoms with Crippen molar-refractivity contribution >= 4 is 15.9 Å². The molecule has 10 heteroatoms. The van der Waals surface area contributed by atoms with Crippen molar-refractivity contribution in [1.82, 2.24) is 19.0 Å². The van der Waals surface area contributed by atoms with Gasteiger partial charge in [-0.2, -0.15) is 4.31 Å². The fourth-order valence-electron chi connectivity index (χ4n) is 5.52. The Morgan fingerprint density at radius 1 is 1.03 bits per heavy atom. The van der Waals surface area contributed by atoms with Gasteiger partial charge in [-0.1, -0.05) is 0 Å². The lowest BCUT2D eigenvalue weighted by molar-refractivity contribution is -0.135. The molecule has 0 radical (unpaired) electrons. The van der Waals surface area contributed by atoms with Gasteiger partial charge in [0.05, 0.1) is 18.6 Å². The zero-order valence-corrected chi connectivity index (χ0v) is 24.3. The van der Waals surface area contributed by atoms with E-state index in [1.54, 1.807) is 38.0 Å². The summed E-state index contributed by atoms with van der Waals surface area (Å²) in [5.41, 5.74) is 1.28. The van der Waals surface area contributed by atoms with Crippen LogP contribution < -0.4 is 4.74 Å². The molecule has 37 heavy (non-hydrogen) atoms. The first-order valence-electron chi connectivity index (χ1n) is 13.4. The Kier molecular flexibility index (Phi) is 10.8. The number of rotatable bonds is 11. The summed E-state index contributed by atoms with van der Waals surface area (Å²) in [6, 6.07) is 4.15. The van der Waals surface area contributed by atoms with Crippen LogP contribution in [0.25, 0.3) is 0 Å². The van der Waals surface area contributed by atoms with Crippen molar-refractivity contribution in [1.29, 1.82) is 0 Å². The van der Waals surface area contributed by atoms with Crippen molar-refractivity contribution in [2.75, 3.05) is 80.7 Å². The first-order chi connectivity index (χ1) is 17.5. The topological polar surface area (TPSA) is 82.6 Å². The van der Waals surface area contributed by atoms with Gasteiger partial charge in [0.2, 0.25) is 15.9 Å². The number of ether oxygens (including phenoxy) is 2. The second-order valence-corrected chi connectivity index (χ2v) is 12.7. The van der Waals surface area contributed by atoms with Crippen LogP contribution in [0, 0.1) is 19.8 Å². The standard InChI is InChI=1S/C27H46N4O5S/c1-21-17-25(35-6)18-22(2)27(21)37(33,34)30(5)15-16-36-20-26(32)29(4)19-23-7-13-31(14-8-23)24-9-11-28(3)12-10-24/h17-18,23-24H,7-16,19-20H2,1-6H3. The number of benzene rings is 1. The molecule has 0 aliphatic carbocycles. The lowest BCUT2D eigenvalue weighted by Crippen LogP contribution is -2.48. The number of nitrogens with zero attached hydrogens (tertiary/aromatic N) is 4. The third-order valence-electron chi connectivity index (χ3n) is 7.93. The van der Waals surface area contributed by atoms with E-state index in [-0.39, 0.29) is 30.6 Å². The van der Waals surface area contributed by atoms with Gasteiger partial charge in [0.25, 0.3) is 0 Å². The number of likely N-dealkylation sites (tertiary alicyclic amines) is 2. The molecule has 1 aromatic rings. The smallest absolute Gasteiger partial charge is 0.248 e. The summed E-state index contributed by atoms with van der Waals surface area (Å²) < 4.78 is 38.3. The molecular formula is C27H46N4O5S. The summed E-state index contributed by atoms with van der Waals surface area (Å²) in [5.74, 6) is 1.08. The maximum Gasteiger partial charge on any atom is 0.248 e. The highest BCUT2D eigenvalue weighted by Crippen LogP contribution is 2.28. The molecule has 0 N–H and O–H groups in total. The monoisotopic (exact) mass is 538 g/mol. The highest BCUT2D eigenvalue weighted by Gasteiger charge is 2.29. The number of methoxy groups -OCH3 is 1. The van der Waals surface area contributed by atoms with Crippen molar-refractivity contribution in [3.8, 4) is 5.75 Å². The number of sulfonamides is 1. The van der Waals surface area contributed by atoms with Gasteiger partial charge in [-0.15, -0.1) is 0 Å². The number of aryl methyl sites for hydroxylation is 2. The maximum absolute atomic E-state index is 13.1. The lowest BCUT2D eigenvalue weighted by atomic mass is 9.93. The molecule has 3 rings (SSSR count). The molecule has 1 aromatic carbocycles. The van der Waals surface area contributed by atoms with E-state index in [1.807, 2.05) is 7.05 Å². The van der Waals surface area contributed by atoms with Crippen LogP contribution in [0.1, 0.15) is 36.8 Å². The fourth-order valence-corrected chi connectivity index (χ4v) is 7.08. The number of piperidine rings is 2. The van der Waals surface area contributed by atoms with Crippen molar-refractivity contribution in [2.24, 2.45) is 5.92 Å². The third-order valence-corrected chi connectivity index (χ3v) is 10.1. The Bertz CT molecular complexity index is 979. The summed E-state index contributed by atoms with van der Waals surface area (Å²) in [6.45, 7) is 9.15. The first kappa shape index (κ1) is 29.8. The van der Waals surface area contributed by atoms with Gasteiger partial charge in [0.1, 0.15) is 12.4 Å². The van der Waals surface area contributed by atoms with E-state index in [4.69, 9.17) is 9.47 Å². The van der Waals surface area contributed by atoms with Gasteiger partial charge in [0.15, 0.2) is 0 Å². The van der Waals surface area contributed by atoms with Crippen LogP contribution in [0.15, 0.2) is 17.0 Å². The van der Waals surface area contributed by atoms with E-state index in [0.29, 0.717) is 28.8 Å². The zero-order valence-electron chi connectivity index (χ0n) is 23.5. The molecule has 9 nitrogen and oxygen atoms in total. The molecular weight excluding hydrogens is 492 g/mol. The molecule has 1 amide bonds. The van der Waals surface area contributed by atoms with E-state index in [0.717, 1.165) is 32.5 Å². The number of likely N-dealkylation sites (N-methyl/N-ethyl adjacent to an activating group) is 2. The largest absolute Gasteiger partial charge is 0.497 e. The lowest BCUT2D eigenvalue weighted by Gasteiger charge is -2.41. The van der Waals surface area contributed by atoms with Crippen LogP contribution in [0.4, 0.5) is 0 Å². The van der Waals surface area contributed by atoms with Crippen molar-refractivity contribution < 1.29 is 22.7 Å². The molecule has 210 valence electrons. The van der Waals surface area contributed by atoms with Crippen molar-refractivity contribution in [3.05, 3.63) is 23.3 Å². The Labute approximate surface area is 223 Å². The van der Waals surface area contributed by atoms with E-state index in [9.17, 15) is 13.2 Å². The van der Waals surface area contributed by atoms with Gasteiger partial charge < -0.3 is 24.2 Å². The Hall–Kier alpha value is -1.72. The van der Waals surface area contributed by atoms with Crippen LogP contribution >= 0.6 is 0 Å². The van der Waals surface area contributed by atoms with E-state index in [2.05, 4.69) is 16.8 Å². The SMILES string of the molecule is COc1cc(C)c(S(=O)(=O)N(C)CCOCC(=O)N(C)CC2CCN(C3CCN(C)CC3)CC2)c(C)c1. The molecule has 0 aromatic heterocycles. The minimum atomic E-state index is -3.68. The Balaban J connectivity index is 1.38. The number of carbonyl (C=O) groups excluding carboxylic acids is 1. The quantitative estimate of drug-likeness (QED) is 0.400. The number of carbonyl (C=O) groups is 1. The molecule has 0 spiro atoms. The van der Waals surface area contributed by atoms with Crippen LogP contribution in [-0.2, 0) is 19.6 Å². The van der Waals surface area contributed by atoms with Crippen LogP contribution in [0.5, 0.6) is 5.75 Å². The molecule has 0 saturated carbocycles. The van der Waals surface area contributed by atoms with Gasteiger partial charge in [-0.3, -0.25) is 4.79 Å². The second-order valence-electron chi connectivity index (χ2n) is 10.8. The first-order valence-corrected chi connectivity index (χ1v) is 14.8. The average molecular weight is 539 g/mol. The molecule has 0 unspecified atom stereocenters. The normalized spacial score (nSPS) is 18.9. The predicted molar refractivity (Wildman–Crippen MR) is 146 cm³/mol. The van der Waals surface area contributed by atoms with Gasteiger partial charge in [-0.05, 0) is 102 Å². The van der Waals surface area contributed by atoms with E-state index >= 15 is 0 Å². The Morgan fingerprint density at radius 3 is 2.19 bits per heavy atom. The molecule has 2 fully saturated rings. The number of hydrogen-bond acceptors (Lipinski definition) is 7. The minimum absolute atomic E-state index is 0.0422. The summed E-state index contributed by atoms with van der Waals surface area (Å²) in [4.78, 5) is 19.7. The third kappa shape index (κ3) is 7.89. The highest BCUT2D eigenvalue weighted by atomic mass is 32.2. The molecule has 2 aliphatic heterocycles. The Morgan fingerprint density at radius 2 is 1.62 bits per heavy atom.